The molecule has 0 bridgehead atoms. The number of primary amides is 1. The number of nitrogens with one attached hydrogen (secondary N) is 2. The minimum atomic E-state index is -4.69. The molecular weight excluding hydrogens is 369 g/mol. The van der Waals surface area contributed by atoms with Gasteiger partial charge in [0.25, 0.3) is 5.69 Å². The van der Waals surface area contributed by atoms with Crippen molar-refractivity contribution in [3.63, 3.8) is 0 Å². The van der Waals surface area contributed by atoms with Crippen molar-refractivity contribution < 1.29 is 27.7 Å². The number of hydrogen-bond acceptors (Lipinski definition) is 5. The molecule has 0 saturated heterocycles. The summed E-state index contributed by atoms with van der Waals surface area (Å²) in [6, 6.07) is 1.79. The lowest BCUT2D eigenvalue weighted by Crippen LogP contribution is -2.42. The first-order chi connectivity index (χ1) is 12.6. The summed E-state index contributed by atoms with van der Waals surface area (Å²) < 4.78 is 38.0. The van der Waals surface area contributed by atoms with Crippen molar-refractivity contribution in [1.29, 1.82) is 0 Å². The fraction of sp³-hybridized carbons (Fsp3) is 0.500. The maximum atomic E-state index is 12.7. The van der Waals surface area contributed by atoms with Crippen molar-refractivity contribution in [2.45, 2.75) is 37.9 Å². The van der Waals surface area contributed by atoms with Gasteiger partial charge in [0.2, 0.25) is 11.8 Å². The van der Waals surface area contributed by atoms with Crippen LogP contribution in [0.2, 0.25) is 0 Å². The summed E-state index contributed by atoms with van der Waals surface area (Å²) in [7, 11) is 0. The molecule has 0 radical (unpaired) electrons. The van der Waals surface area contributed by atoms with Gasteiger partial charge >= 0.3 is 6.18 Å². The maximum Gasteiger partial charge on any atom is 0.416 e. The molecule has 2 atom stereocenters. The first-order valence-corrected chi connectivity index (χ1v) is 8.27. The van der Waals surface area contributed by atoms with E-state index < -0.39 is 34.2 Å². The molecule has 27 heavy (non-hydrogen) atoms. The van der Waals surface area contributed by atoms with Crippen LogP contribution >= 0.6 is 0 Å². The molecule has 1 saturated carbocycles. The molecule has 0 spiro atoms. The van der Waals surface area contributed by atoms with Gasteiger partial charge < -0.3 is 16.4 Å². The van der Waals surface area contributed by atoms with Crippen molar-refractivity contribution in [3.05, 3.63) is 33.9 Å². The van der Waals surface area contributed by atoms with E-state index in [1.807, 2.05) is 0 Å². The third kappa shape index (κ3) is 5.31. The quantitative estimate of drug-likeness (QED) is 0.487. The zero-order chi connectivity index (χ0) is 20.2. The first-order valence-electron chi connectivity index (χ1n) is 8.27. The van der Waals surface area contributed by atoms with Gasteiger partial charge in [-0.3, -0.25) is 19.7 Å². The van der Waals surface area contributed by atoms with Gasteiger partial charge in [-0.25, -0.2) is 0 Å². The van der Waals surface area contributed by atoms with E-state index in [1.165, 1.54) is 0 Å². The van der Waals surface area contributed by atoms with Crippen LogP contribution in [-0.4, -0.2) is 29.3 Å². The minimum absolute atomic E-state index is 0.0218. The van der Waals surface area contributed by atoms with Gasteiger partial charge in [-0.15, -0.1) is 0 Å². The molecule has 2 rings (SSSR count). The number of rotatable bonds is 7. The van der Waals surface area contributed by atoms with Crippen LogP contribution in [-0.2, 0) is 15.8 Å². The van der Waals surface area contributed by atoms with E-state index in [1.54, 1.807) is 0 Å². The van der Waals surface area contributed by atoms with Crippen molar-refractivity contribution in [2.75, 3.05) is 11.9 Å². The molecule has 1 aromatic rings. The predicted molar refractivity (Wildman–Crippen MR) is 89.7 cm³/mol. The molecule has 0 heterocycles. The molecule has 0 unspecified atom stereocenters. The average molecular weight is 388 g/mol. The number of nitrogens with two attached hydrogens (primary N) is 1. The standard InChI is InChI=1S/C16H19F3N4O4/c17-16(18,19)9-4-5-12(13(8-9)23(26)27)21-7-6-14(24)22-11-3-1-2-10(11)15(20)25/h4-5,8,10-11,21H,1-3,6-7H2,(H2,20,25)(H,22,24)/t10-,11+/m1/s1. The third-order valence-corrected chi connectivity index (χ3v) is 4.42. The Bertz CT molecular complexity index is 739. The Hall–Kier alpha value is -2.85. The number of anilines is 1. The smallest absolute Gasteiger partial charge is 0.379 e. The van der Waals surface area contributed by atoms with E-state index >= 15 is 0 Å². The number of hydrogen-bond donors (Lipinski definition) is 3. The lowest BCUT2D eigenvalue weighted by molar-refractivity contribution is -0.384. The van der Waals surface area contributed by atoms with Crippen LogP contribution in [0.1, 0.15) is 31.2 Å². The monoisotopic (exact) mass is 388 g/mol. The van der Waals surface area contributed by atoms with Crippen molar-refractivity contribution in [3.8, 4) is 0 Å². The van der Waals surface area contributed by atoms with Crippen molar-refractivity contribution in [2.24, 2.45) is 11.7 Å². The highest BCUT2D eigenvalue weighted by molar-refractivity contribution is 5.81. The van der Waals surface area contributed by atoms with Crippen LogP contribution in [0.25, 0.3) is 0 Å². The highest BCUT2D eigenvalue weighted by Gasteiger charge is 2.33. The number of benzene rings is 1. The Balaban J connectivity index is 1.93. The Morgan fingerprint density at radius 3 is 2.59 bits per heavy atom. The summed E-state index contributed by atoms with van der Waals surface area (Å²) in [4.78, 5) is 33.4. The zero-order valence-corrected chi connectivity index (χ0v) is 14.2. The van der Waals surface area contributed by atoms with Gasteiger partial charge in [-0.2, -0.15) is 13.2 Å². The Morgan fingerprint density at radius 1 is 1.30 bits per heavy atom. The van der Waals surface area contributed by atoms with Gasteiger partial charge in [0.1, 0.15) is 5.69 Å². The second kappa shape index (κ2) is 8.23. The summed E-state index contributed by atoms with van der Waals surface area (Å²) in [5, 5.41) is 16.3. The van der Waals surface area contributed by atoms with Crippen LogP contribution < -0.4 is 16.4 Å². The van der Waals surface area contributed by atoms with Crippen LogP contribution in [0.5, 0.6) is 0 Å². The number of nitrogens with zero attached hydrogens (tertiary/aromatic N) is 1. The maximum absolute atomic E-state index is 12.7. The van der Waals surface area contributed by atoms with E-state index in [-0.39, 0.29) is 30.6 Å². The molecule has 0 aliphatic heterocycles. The molecule has 1 aliphatic rings. The summed E-state index contributed by atoms with van der Waals surface area (Å²) in [5.41, 5.74) is 3.31. The molecule has 4 N–H and O–H groups in total. The highest BCUT2D eigenvalue weighted by Crippen LogP contribution is 2.35. The summed E-state index contributed by atoms with van der Waals surface area (Å²) in [5.74, 6) is -1.27. The minimum Gasteiger partial charge on any atom is -0.379 e. The summed E-state index contributed by atoms with van der Waals surface area (Å²) in [6.45, 7) is -0.0218. The number of carbonyl (C=O) groups excluding carboxylic acids is 2. The number of nitro benzene ring substituents is 1. The Kier molecular flexibility index (Phi) is 6.24. The van der Waals surface area contributed by atoms with Gasteiger partial charge in [0.05, 0.1) is 16.4 Å². The molecule has 0 aromatic heterocycles. The number of nitro groups is 1. The first kappa shape index (κ1) is 20.5. The second-order valence-corrected chi connectivity index (χ2v) is 6.28. The van der Waals surface area contributed by atoms with E-state index in [2.05, 4.69) is 10.6 Å². The van der Waals surface area contributed by atoms with Gasteiger partial charge in [0, 0.05) is 25.1 Å². The SMILES string of the molecule is NC(=O)[C@@H]1CCC[C@@H]1NC(=O)CCNc1ccc(C(F)(F)F)cc1[N+](=O)[O-]. The number of amides is 2. The molecule has 8 nitrogen and oxygen atoms in total. The fourth-order valence-corrected chi connectivity index (χ4v) is 3.07. The van der Waals surface area contributed by atoms with E-state index in [0.29, 0.717) is 18.9 Å². The molecule has 1 aliphatic carbocycles. The fourth-order valence-electron chi connectivity index (χ4n) is 3.07. The molecule has 1 aromatic carbocycles. The van der Waals surface area contributed by atoms with Crippen molar-refractivity contribution in [1.82, 2.24) is 5.32 Å². The predicted octanol–water partition coefficient (Wildman–Crippen LogP) is 2.19. The Morgan fingerprint density at radius 2 is 2.00 bits per heavy atom. The van der Waals surface area contributed by atoms with E-state index in [0.717, 1.165) is 18.6 Å². The largest absolute Gasteiger partial charge is 0.416 e. The molecule has 11 heteroatoms. The van der Waals surface area contributed by atoms with E-state index in [9.17, 15) is 32.9 Å². The zero-order valence-electron chi connectivity index (χ0n) is 14.2. The summed E-state index contributed by atoms with van der Waals surface area (Å²) in [6.07, 6.45) is -2.75. The Labute approximate surface area is 152 Å². The van der Waals surface area contributed by atoms with Crippen LogP contribution in [0, 0.1) is 16.0 Å². The molecule has 148 valence electrons. The number of halogens is 3. The van der Waals surface area contributed by atoms with E-state index in [4.69, 9.17) is 5.73 Å². The van der Waals surface area contributed by atoms with Crippen LogP contribution in [0.3, 0.4) is 0 Å². The van der Waals surface area contributed by atoms with Gasteiger partial charge in [-0.1, -0.05) is 6.42 Å². The van der Waals surface area contributed by atoms with Crippen LogP contribution in [0.4, 0.5) is 24.5 Å². The third-order valence-electron chi connectivity index (χ3n) is 4.42. The van der Waals surface area contributed by atoms with Crippen LogP contribution in [0.15, 0.2) is 18.2 Å². The second-order valence-electron chi connectivity index (χ2n) is 6.28. The number of alkyl halides is 3. The van der Waals surface area contributed by atoms with Gasteiger partial charge in [-0.05, 0) is 25.0 Å². The average Bonchev–Trinajstić information content (AvgIpc) is 3.02. The normalized spacial score (nSPS) is 19.5. The molecular formula is C16H19F3N4O4. The molecule has 2 amide bonds. The van der Waals surface area contributed by atoms with Gasteiger partial charge in [0.15, 0.2) is 0 Å². The number of carbonyl (C=O) groups is 2. The topological polar surface area (TPSA) is 127 Å². The van der Waals surface area contributed by atoms with Crippen molar-refractivity contribution >= 4 is 23.2 Å². The lowest BCUT2D eigenvalue weighted by atomic mass is 10.0. The lowest BCUT2D eigenvalue weighted by Gasteiger charge is -2.18. The summed E-state index contributed by atoms with van der Waals surface area (Å²) >= 11 is 0. The molecule has 1 fully saturated rings. The highest BCUT2D eigenvalue weighted by atomic mass is 19.4.